The Labute approximate surface area is 137 Å². The number of nitrogens with zero attached hydrogens (tertiary/aromatic N) is 4. The molecule has 0 saturated carbocycles. The average molecular weight is 316 g/mol. The number of aromatic carboxylic acids is 1. The highest BCUT2D eigenvalue weighted by Crippen LogP contribution is 2.27. The average Bonchev–Trinajstić information content (AvgIpc) is 3.11. The Kier molecular flexibility index (Phi) is 3.28. The lowest BCUT2D eigenvalue weighted by molar-refractivity contribution is 0.0696. The molecule has 0 aliphatic heterocycles. The largest absolute Gasteiger partial charge is 0.478 e. The van der Waals surface area contributed by atoms with Crippen LogP contribution in [0.15, 0.2) is 67.4 Å². The third-order valence-electron chi connectivity index (χ3n) is 3.78. The van der Waals surface area contributed by atoms with Gasteiger partial charge in [-0.05, 0) is 18.2 Å². The summed E-state index contributed by atoms with van der Waals surface area (Å²) in [7, 11) is 0. The Morgan fingerprint density at radius 1 is 1.04 bits per heavy atom. The lowest BCUT2D eigenvalue weighted by Crippen LogP contribution is -2.02. The van der Waals surface area contributed by atoms with Crippen molar-refractivity contribution in [2.45, 2.75) is 0 Å². The smallest absolute Gasteiger partial charge is 0.337 e. The summed E-state index contributed by atoms with van der Waals surface area (Å²) < 4.78 is 1.82. The van der Waals surface area contributed by atoms with E-state index in [0.29, 0.717) is 11.5 Å². The molecule has 0 unspecified atom stereocenters. The number of carboxylic acids is 1. The number of aromatic nitrogens is 4. The van der Waals surface area contributed by atoms with Crippen LogP contribution in [0.25, 0.3) is 28.0 Å². The van der Waals surface area contributed by atoms with Gasteiger partial charge in [-0.15, -0.1) is 0 Å². The van der Waals surface area contributed by atoms with Crippen molar-refractivity contribution in [3.8, 4) is 17.1 Å². The number of hydrogen-bond acceptors (Lipinski definition) is 4. The molecule has 3 aromatic heterocycles. The van der Waals surface area contributed by atoms with Gasteiger partial charge in [0.25, 0.3) is 0 Å². The van der Waals surface area contributed by atoms with Gasteiger partial charge in [-0.25, -0.2) is 9.78 Å². The normalized spacial score (nSPS) is 10.8. The molecule has 0 fully saturated rings. The van der Waals surface area contributed by atoms with Gasteiger partial charge in [0.2, 0.25) is 0 Å². The number of carbonyl (C=O) groups is 1. The van der Waals surface area contributed by atoms with Crippen molar-refractivity contribution >= 4 is 16.9 Å². The molecule has 0 bridgehead atoms. The highest BCUT2D eigenvalue weighted by Gasteiger charge is 2.13. The first-order valence-corrected chi connectivity index (χ1v) is 7.30. The zero-order chi connectivity index (χ0) is 16.5. The second-order valence-electron chi connectivity index (χ2n) is 5.23. The first kappa shape index (κ1) is 14.1. The van der Waals surface area contributed by atoms with Crippen molar-refractivity contribution in [2.24, 2.45) is 0 Å². The van der Waals surface area contributed by atoms with Crippen LogP contribution in [0.4, 0.5) is 0 Å². The molecule has 6 nitrogen and oxygen atoms in total. The minimum absolute atomic E-state index is 0.131. The molecule has 4 aromatic rings. The molecular weight excluding hydrogens is 304 g/mol. The van der Waals surface area contributed by atoms with Crippen molar-refractivity contribution in [3.63, 3.8) is 0 Å². The number of fused-ring (bicyclic) bond motifs is 1. The van der Waals surface area contributed by atoms with E-state index in [1.165, 1.54) is 6.20 Å². The highest BCUT2D eigenvalue weighted by molar-refractivity contribution is 5.93. The minimum atomic E-state index is -1.01. The fourth-order valence-electron chi connectivity index (χ4n) is 2.68. The van der Waals surface area contributed by atoms with E-state index in [1.807, 2.05) is 34.9 Å². The number of imidazole rings is 1. The van der Waals surface area contributed by atoms with Crippen molar-refractivity contribution in [3.05, 3.63) is 72.9 Å². The first-order valence-electron chi connectivity index (χ1n) is 7.30. The van der Waals surface area contributed by atoms with E-state index in [2.05, 4.69) is 15.0 Å². The molecule has 0 radical (unpaired) electrons. The monoisotopic (exact) mass is 316 g/mol. The van der Waals surface area contributed by atoms with E-state index in [4.69, 9.17) is 5.11 Å². The Morgan fingerprint density at radius 2 is 1.92 bits per heavy atom. The summed E-state index contributed by atoms with van der Waals surface area (Å²) in [6.45, 7) is 0. The molecule has 24 heavy (non-hydrogen) atoms. The van der Waals surface area contributed by atoms with Gasteiger partial charge in [-0.1, -0.05) is 18.2 Å². The van der Waals surface area contributed by atoms with Gasteiger partial charge in [-0.2, -0.15) is 0 Å². The lowest BCUT2D eigenvalue weighted by Gasteiger charge is -2.10. The van der Waals surface area contributed by atoms with Gasteiger partial charge in [0.05, 0.1) is 23.0 Å². The van der Waals surface area contributed by atoms with E-state index >= 15 is 0 Å². The summed E-state index contributed by atoms with van der Waals surface area (Å²) in [5.74, 6) is -0.307. The molecule has 1 aromatic carbocycles. The van der Waals surface area contributed by atoms with Crippen LogP contribution < -0.4 is 0 Å². The maximum atomic E-state index is 11.2. The van der Waals surface area contributed by atoms with E-state index in [-0.39, 0.29) is 5.56 Å². The van der Waals surface area contributed by atoms with Gasteiger partial charge >= 0.3 is 5.97 Å². The number of benzene rings is 1. The van der Waals surface area contributed by atoms with Crippen LogP contribution in [0.3, 0.4) is 0 Å². The van der Waals surface area contributed by atoms with Crippen molar-refractivity contribution in [1.82, 2.24) is 19.5 Å². The number of carboxylic acid groups (broad SMARTS) is 1. The fourth-order valence-corrected chi connectivity index (χ4v) is 2.68. The fraction of sp³-hybridized carbons (Fsp3) is 0. The highest BCUT2D eigenvalue weighted by atomic mass is 16.4. The van der Waals surface area contributed by atoms with Crippen molar-refractivity contribution in [2.75, 3.05) is 0 Å². The van der Waals surface area contributed by atoms with Crippen LogP contribution in [0, 0.1) is 0 Å². The molecule has 3 heterocycles. The van der Waals surface area contributed by atoms with Crippen LogP contribution in [0.2, 0.25) is 0 Å². The third kappa shape index (κ3) is 2.30. The molecule has 0 atom stereocenters. The minimum Gasteiger partial charge on any atom is -0.478 e. The summed E-state index contributed by atoms with van der Waals surface area (Å²) in [6, 6.07) is 11.3. The second-order valence-corrected chi connectivity index (χ2v) is 5.23. The van der Waals surface area contributed by atoms with Gasteiger partial charge in [-0.3, -0.25) is 14.5 Å². The first-order chi connectivity index (χ1) is 11.7. The summed E-state index contributed by atoms with van der Waals surface area (Å²) in [4.78, 5) is 24.0. The zero-order valence-corrected chi connectivity index (χ0v) is 12.5. The van der Waals surface area contributed by atoms with Gasteiger partial charge < -0.3 is 5.11 Å². The Balaban J connectivity index is 1.92. The Bertz CT molecular complexity index is 1050. The second kappa shape index (κ2) is 5.58. The zero-order valence-electron chi connectivity index (χ0n) is 12.5. The van der Waals surface area contributed by atoms with E-state index < -0.39 is 5.97 Å². The standard InChI is InChI=1S/C18H12N4O2/c23-18(24)12-9-13(11-19-10-12)22-8-7-21-17(22)15-5-6-20-16-4-2-1-3-14(15)16/h1-11H,(H,23,24). The predicted molar refractivity (Wildman–Crippen MR) is 89.1 cm³/mol. The maximum absolute atomic E-state index is 11.2. The summed E-state index contributed by atoms with van der Waals surface area (Å²) in [5, 5.41) is 10.1. The SMILES string of the molecule is O=C(O)c1cncc(-n2ccnc2-c2ccnc3ccccc23)c1. The van der Waals surface area contributed by atoms with Gasteiger partial charge in [0.1, 0.15) is 5.82 Å². The van der Waals surface area contributed by atoms with Crippen LogP contribution >= 0.6 is 0 Å². The summed E-state index contributed by atoms with van der Waals surface area (Å²) >= 11 is 0. The van der Waals surface area contributed by atoms with E-state index in [1.54, 1.807) is 30.9 Å². The van der Waals surface area contributed by atoms with Crippen LogP contribution in [-0.4, -0.2) is 30.6 Å². The number of hydrogen-bond donors (Lipinski definition) is 1. The molecule has 0 spiro atoms. The molecular formula is C18H12N4O2. The molecule has 0 amide bonds. The maximum Gasteiger partial charge on any atom is 0.337 e. The van der Waals surface area contributed by atoms with Gasteiger partial charge in [0.15, 0.2) is 0 Å². The van der Waals surface area contributed by atoms with Crippen molar-refractivity contribution < 1.29 is 9.90 Å². The van der Waals surface area contributed by atoms with Gasteiger partial charge in [0, 0.05) is 35.7 Å². The predicted octanol–water partition coefficient (Wildman–Crippen LogP) is 3.18. The molecule has 0 aliphatic rings. The molecule has 0 aliphatic carbocycles. The number of rotatable bonds is 3. The number of para-hydroxylation sites is 1. The molecule has 1 N–H and O–H groups in total. The third-order valence-corrected chi connectivity index (χ3v) is 3.78. The molecule has 0 saturated heterocycles. The Hall–Kier alpha value is -3.54. The van der Waals surface area contributed by atoms with Crippen LogP contribution in [0.5, 0.6) is 0 Å². The van der Waals surface area contributed by atoms with E-state index in [9.17, 15) is 4.79 Å². The lowest BCUT2D eigenvalue weighted by atomic mass is 10.1. The summed E-state index contributed by atoms with van der Waals surface area (Å²) in [5.41, 5.74) is 2.57. The van der Waals surface area contributed by atoms with Crippen LogP contribution in [0.1, 0.15) is 10.4 Å². The topological polar surface area (TPSA) is 80.9 Å². The molecule has 116 valence electrons. The van der Waals surface area contributed by atoms with Crippen molar-refractivity contribution in [1.29, 1.82) is 0 Å². The van der Waals surface area contributed by atoms with E-state index in [0.717, 1.165) is 16.5 Å². The number of pyridine rings is 2. The quantitative estimate of drug-likeness (QED) is 0.628. The Morgan fingerprint density at radius 3 is 2.79 bits per heavy atom. The molecule has 6 heteroatoms. The molecule has 4 rings (SSSR count). The summed E-state index contributed by atoms with van der Waals surface area (Å²) in [6.07, 6.45) is 8.14. The van der Waals surface area contributed by atoms with Crippen LogP contribution in [-0.2, 0) is 0 Å².